The number of aryl methyl sites for hydroxylation is 1. The maximum atomic E-state index is 8.45. The molecule has 0 saturated carbocycles. The minimum Gasteiger partial charge on any atom is -0.253 e. The molecule has 0 aliphatic rings. The molecule has 3 aromatic carbocycles. The van der Waals surface area contributed by atoms with Crippen molar-refractivity contribution in [2.45, 2.75) is 6.92 Å². The lowest BCUT2D eigenvalue weighted by molar-refractivity contribution is 1.21. The van der Waals surface area contributed by atoms with E-state index in [1.54, 1.807) is 0 Å². The molecular weight excluding hydrogens is 302 g/mol. The first-order valence-electron chi connectivity index (χ1n) is 8.92. The van der Waals surface area contributed by atoms with Crippen molar-refractivity contribution < 1.29 is 1.37 Å². The molecule has 0 fully saturated rings. The highest BCUT2D eigenvalue weighted by molar-refractivity contribution is 5.73. The smallest absolute Gasteiger partial charge is 0.0711 e. The fourth-order valence-electron chi connectivity index (χ4n) is 2.99. The summed E-state index contributed by atoms with van der Waals surface area (Å²) in [6.07, 6.45) is 0. The summed E-state index contributed by atoms with van der Waals surface area (Å²) in [6.45, 7) is 1.90. The Morgan fingerprint density at radius 3 is 1.68 bits per heavy atom. The van der Waals surface area contributed by atoms with Crippen LogP contribution >= 0.6 is 0 Å². The summed E-state index contributed by atoms with van der Waals surface area (Å²) < 4.78 is 8.45. The fraction of sp³-hybridized carbons (Fsp3) is 0.0417. The van der Waals surface area contributed by atoms with Gasteiger partial charge in [-0.1, -0.05) is 84.9 Å². The van der Waals surface area contributed by atoms with Crippen molar-refractivity contribution in [2.75, 3.05) is 0 Å². The molecule has 0 bridgehead atoms. The zero-order chi connectivity index (χ0) is 17.9. The first-order chi connectivity index (χ1) is 12.7. The molecule has 4 aromatic rings. The van der Waals surface area contributed by atoms with Gasteiger partial charge in [-0.05, 0) is 41.3 Å². The van der Waals surface area contributed by atoms with Crippen LogP contribution in [0.15, 0.2) is 97.0 Å². The van der Waals surface area contributed by atoms with Crippen LogP contribution in [0.5, 0.6) is 0 Å². The van der Waals surface area contributed by atoms with Crippen LogP contribution in [0.25, 0.3) is 33.5 Å². The topological polar surface area (TPSA) is 12.9 Å². The lowest BCUT2D eigenvalue weighted by Crippen LogP contribution is -1.89. The third kappa shape index (κ3) is 3.36. The van der Waals surface area contributed by atoms with Crippen LogP contribution in [-0.4, -0.2) is 4.98 Å². The average Bonchev–Trinajstić information content (AvgIpc) is 2.71. The van der Waals surface area contributed by atoms with Crippen LogP contribution in [-0.2, 0) is 0 Å². The largest absolute Gasteiger partial charge is 0.253 e. The van der Waals surface area contributed by atoms with Gasteiger partial charge < -0.3 is 0 Å². The van der Waals surface area contributed by atoms with E-state index in [0.717, 1.165) is 28.1 Å². The van der Waals surface area contributed by atoms with Crippen molar-refractivity contribution in [1.82, 2.24) is 4.98 Å². The molecule has 1 nitrogen and oxygen atoms in total. The normalized spacial score (nSPS) is 11.2. The van der Waals surface area contributed by atoms with E-state index in [9.17, 15) is 0 Å². The van der Waals surface area contributed by atoms with Gasteiger partial charge in [0.1, 0.15) is 0 Å². The van der Waals surface area contributed by atoms with E-state index in [1.165, 1.54) is 11.1 Å². The van der Waals surface area contributed by atoms with Gasteiger partial charge in [0.25, 0.3) is 0 Å². The highest BCUT2D eigenvalue weighted by atomic mass is 14.7. The Labute approximate surface area is 150 Å². The predicted molar refractivity (Wildman–Crippen MR) is 105 cm³/mol. The van der Waals surface area contributed by atoms with E-state index in [1.807, 2.05) is 61.5 Å². The first-order valence-corrected chi connectivity index (χ1v) is 8.42. The molecule has 1 heterocycles. The zero-order valence-corrected chi connectivity index (χ0v) is 14.1. The number of hydrogen-bond donors (Lipinski definition) is 0. The molecule has 1 aromatic heterocycles. The molecule has 0 spiro atoms. The summed E-state index contributed by atoms with van der Waals surface area (Å²) >= 11 is 0. The maximum Gasteiger partial charge on any atom is 0.0711 e. The lowest BCUT2D eigenvalue weighted by atomic mass is 9.99. The van der Waals surface area contributed by atoms with Gasteiger partial charge in [-0.2, -0.15) is 0 Å². The van der Waals surface area contributed by atoms with Crippen molar-refractivity contribution in [1.29, 1.82) is 0 Å². The molecule has 0 saturated heterocycles. The predicted octanol–water partition coefficient (Wildman–Crippen LogP) is 6.39. The van der Waals surface area contributed by atoms with Crippen molar-refractivity contribution in [2.24, 2.45) is 0 Å². The fourth-order valence-corrected chi connectivity index (χ4v) is 2.99. The number of rotatable bonds is 3. The average molecular weight is 322 g/mol. The third-order valence-corrected chi connectivity index (χ3v) is 4.26. The van der Waals surface area contributed by atoms with E-state index in [4.69, 9.17) is 1.37 Å². The molecule has 0 aliphatic carbocycles. The lowest BCUT2D eigenvalue weighted by Gasteiger charge is -2.09. The summed E-state index contributed by atoms with van der Waals surface area (Å²) in [5, 5.41) is 0. The molecule has 120 valence electrons. The van der Waals surface area contributed by atoms with Crippen LogP contribution in [0.4, 0.5) is 0 Å². The number of hydrogen-bond acceptors (Lipinski definition) is 1. The van der Waals surface area contributed by atoms with Crippen LogP contribution in [0.2, 0.25) is 0 Å². The van der Waals surface area contributed by atoms with Gasteiger partial charge in [-0.25, -0.2) is 0 Å². The minimum absolute atomic E-state index is 0.483. The Bertz CT molecular complexity index is 1020. The van der Waals surface area contributed by atoms with Crippen LogP contribution in [0, 0.1) is 6.92 Å². The van der Waals surface area contributed by atoms with Crippen molar-refractivity contribution >= 4 is 0 Å². The van der Waals surface area contributed by atoms with E-state index in [0.29, 0.717) is 6.04 Å². The Morgan fingerprint density at radius 1 is 0.600 bits per heavy atom. The van der Waals surface area contributed by atoms with Gasteiger partial charge in [0.15, 0.2) is 0 Å². The van der Waals surface area contributed by atoms with Gasteiger partial charge in [-0.15, -0.1) is 0 Å². The Hall–Kier alpha value is -3.19. The van der Waals surface area contributed by atoms with Gasteiger partial charge >= 0.3 is 0 Å². The molecule has 0 amide bonds. The molecular formula is C24H19N. The van der Waals surface area contributed by atoms with Crippen molar-refractivity contribution in [3.63, 3.8) is 0 Å². The van der Waals surface area contributed by atoms with Gasteiger partial charge in [0, 0.05) is 11.3 Å². The van der Waals surface area contributed by atoms with Crippen molar-refractivity contribution in [3.8, 4) is 33.5 Å². The van der Waals surface area contributed by atoms with E-state index in [2.05, 4.69) is 41.4 Å². The first kappa shape index (κ1) is 14.2. The Kier molecular flexibility index (Phi) is 3.82. The molecule has 0 N–H and O–H groups in total. The number of benzene rings is 3. The van der Waals surface area contributed by atoms with Gasteiger partial charge in [0.05, 0.1) is 7.06 Å². The quantitative estimate of drug-likeness (QED) is 0.426. The summed E-state index contributed by atoms with van der Waals surface area (Å²) in [6, 6.07) is 31.3. The number of pyridine rings is 1. The molecule has 0 unspecified atom stereocenters. The molecule has 0 radical (unpaired) electrons. The summed E-state index contributed by atoms with van der Waals surface area (Å²) in [4.78, 5) is 4.61. The van der Waals surface area contributed by atoms with Crippen molar-refractivity contribution in [3.05, 3.63) is 103 Å². The number of nitrogens with zero attached hydrogens (tertiary/aromatic N) is 1. The number of aromatic nitrogens is 1. The van der Waals surface area contributed by atoms with Crippen LogP contribution in [0.3, 0.4) is 0 Å². The van der Waals surface area contributed by atoms with E-state index in [-0.39, 0.29) is 0 Å². The van der Waals surface area contributed by atoms with Crippen LogP contribution in [0.1, 0.15) is 7.06 Å². The third-order valence-electron chi connectivity index (χ3n) is 4.26. The standard InChI is InChI=1S/C24H19N/c1-18-16-23(17-24(25-18)22-10-6-3-7-11-22)21-14-12-20(13-15-21)19-8-4-2-5-9-19/h2-17H,1H3/i16D. The molecule has 4 rings (SSSR count). The van der Waals surface area contributed by atoms with Gasteiger partial charge in [-0.3, -0.25) is 4.98 Å². The summed E-state index contributed by atoms with van der Waals surface area (Å²) in [5.74, 6) is 0. The monoisotopic (exact) mass is 322 g/mol. The SMILES string of the molecule is [2H]c1c(-c2ccc(-c3ccccc3)cc2)cc(-c2ccccc2)nc1C. The van der Waals surface area contributed by atoms with Gasteiger partial charge in [0.2, 0.25) is 0 Å². The summed E-state index contributed by atoms with van der Waals surface area (Å²) in [7, 11) is 0. The Balaban J connectivity index is 1.77. The van der Waals surface area contributed by atoms with E-state index >= 15 is 0 Å². The Morgan fingerprint density at radius 2 is 1.08 bits per heavy atom. The summed E-state index contributed by atoms with van der Waals surface area (Å²) in [5.41, 5.74) is 7.04. The second-order valence-corrected chi connectivity index (χ2v) is 6.07. The van der Waals surface area contributed by atoms with Crippen LogP contribution < -0.4 is 0 Å². The maximum absolute atomic E-state index is 8.45. The molecule has 25 heavy (non-hydrogen) atoms. The molecule has 0 aliphatic heterocycles. The highest BCUT2D eigenvalue weighted by Gasteiger charge is 2.05. The van der Waals surface area contributed by atoms with E-state index < -0.39 is 0 Å². The molecule has 1 heteroatoms. The second kappa shape index (κ2) is 6.74. The zero-order valence-electron chi connectivity index (χ0n) is 15.1. The molecule has 0 atom stereocenters. The highest BCUT2D eigenvalue weighted by Crippen LogP contribution is 2.28. The minimum atomic E-state index is 0.483. The second-order valence-electron chi connectivity index (χ2n) is 6.07.